The van der Waals surface area contributed by atoms with Crippen LogP contribution in [0.15, 0.2) is 18.2 Å². The van der Waals surface area contributed by atoms with Crippen LogP contribution >= 0.6 is 11.6 Å². The van der Waals surface area contributed by atoms with Crippen molar-refractivity contribution in [1.29, 1.82) is 0 Å². The second-order valence-electron chi connectivity index (χ2n) is 3.58. The number of benzene rings is 1. The Labute approximate surface area is 104 Å². The van der Waals surface area contributed by atoms with Crippen molar-refractivity contribution in [2.75, 3.05) is 11.2 Å². The summed E-state index contributed by atoms with van der Waals surface area (Å²) < 4.78 is 0. The Morgan fingerprint density at radius 1 is 1.53 bits per heavy atom. The minimum Gasteiger partial charge on any atom is -0.321 e. The van der Waals surface area contributed by atoms with Crippen molar-refractivity contribution in [2.24, 2.45) is 0 Å². The zero-order chi connectivity index (χ0) is 12.8. The lowest BCUT2D eigenvalue weighted by Gasteiger charge is -2.05. The number of halogens is 1. The highest BCUT2D eigenvalue weighted by molar-refractivity contribution is 6.17. The quantitative estimate of drug-likeness (QED) is 0.500. The molecule has 0 aliphatic carbocycles. The highest BCUT2D eigenvalue weighted by atomic mass is 35.5. The molecular weight excluding hydrogens is 244 g/mol. The van der Waals surface area contributed by atoms with Crippen LogP contribution < -0.4 is 5.32 Å². The van der Waals surface area contributed by atoms with Gasteiger partial charge in [0, 0.05) is 18.9 Å². The Morgan fingerprint density at radius 3 is 2.76 bits per heavy atom. The molecule has 92 valence electrons. The maximum Gasteiger partial charge on any atom is 0.293 e. The Kier molecular flexibility index (Phi) is 4.90. The van der Waals surface area contributed by atoms with Gasteiger partial charge in [0.15, 0.2) is 0 Å². The van der Waals surface area contributed by atoms with Crippen LogP contribution in [0.4, 0.5) is 11.4 Å². The fourth-order valence-corrected chi connectivity index (χ4v) is 1.58. The smallest absolute Gasteiger partial charge is 0.293 e. The number of aryl methyl sites for hydroxylation is 1. The third kappa shape index (κ3) is 4.03. The third-order valence-corrected chi connectivity index (χ3v) is 2.44. The maximum atomic E-state index is 10.9. The zero-order valence-corrected chi connectivity index (χ0v) is 10.2. The van der Waals surface area contributed by atoms with E-state index in [4.69, 9.17) is 11.6 Å². The molecule has 0 unspecified atom stereocenters. The molecule has 0 aliphatic rings. The van der Waals surface area contributed by atoms with Crippen LogP contribution in [0.1, 0.15) is 18.9 Å². The fraction of sp³-hybridized carbons (Fsp3) is 0.364. The van der Waals surface area contributed by atoms with E-state index >= 15 is 0 Å². The van der Waals surface area contributed by atoms with E-state index in [2.05, 4.69) is 5.32 Å². The summed E-state index contributed by atoms with van der Waals surface area (Å²) in [6.07, 6.45) is 1.45. The first kappa shape index (κ1) is 13.4. The number of nitrogens with zero attached hydrogens (tertiary/aromatic N) is 1. The maximum absolute atomic E-state index is 10.9. The number of nitrogens with one attached hydrogen (secondary N) is 1. The lowest BCUT2D eigenvalue weighted by Crippen LogP contribution is -2.08. The number of rotatable bonds is 5. The molecule has 0 radical (unpaired) electrons. The van der Waals surface area contributed by atoms with E-state index in [-0.39, 0.29) is 17.3 Å². The summed E-state index contributed by atoms with van der Waals surface area (Å²) in [5, 5.41) is 13.3. The van der Waals surface area contributed by atoms with E-state index in [1.807, 2.05) is 0 Å². The molecule has 0 bridgehead atoms. The molecule has 5 nitrogen and oxygen atoms in total. The molecule has 1 aromatic carbocycles. The number of carbonyl (C=O) groups excluding carboxylic acids is 1. The molecule has 17 heavy (non-hydrogen) atoms. The van der Waals surface area contributed by atoms with Crippen molar-refractivity contribution in [2.45, 2.75) is 19.8 Å². The Morgan fingerprint density at radius 2 is 2.24 bits per heavy atom. The van der Waals surface area contributed by atoms with E-state index in [9.17, 15) is 14.9 Å². The van der Waals surface area contributed by atoms with Gasteiger partial charge in [-0.05, 0) is 24.5 Å². The molecule has 0 aromatic heterocycles. The summed E-state index contributed by atoms with van der Waals surface area (Å²) in [7, 11) is 0. The Hall–Kier alpha value is -1.62. The highest BCUT2D eigenvalue weighted by Crippen LogP contribution is 2.26. The molecule has 0 atom stereocenters. The summed E-state index contributed by atoms with van der Waals surface area (Å²) >= 11 is 5.56. The Bertz CT molecular complexity index is 435. The van der Waals surface area contributed by atoms with E-state index in [0.29, 0.717) is 12.3 Å². The largest absolute Gasteiger partial charge is 0.321 e. The van der Waals surface area contributed by atoms with E-state index in [1.54, 1.807) is 12.1 Å². The predicted octanol–water partition coefficient (Wildman–Crippen LogP) is 2.72. The van der Waals surface area contributed by atoms with Crippen molar-refractivity contribution in [3.63, 3.8) is 0 Å². The van der Waals surface area contributed by atoms with Gasteiger partial charge in [0.2, 0.25) is 5.91 Å². The summed E-state index contributed by atoms with van der Waals surface area (Å²) in [4.78, 5) is 21.2. The van der Waals surface area contributed by atoms with Gasteiger partial charge in [-0.3, -0.25) is 14.9 Å². The number of anilines is 1. The summed E-state index contributed by atoms with van der Waals surface area (Å²) in [5.41, 5.74) is 0.968. The first-order valence-electron chi connectivity index (χ1n) is 5.15. The second kappa shape index (κ2) is 6.20. The van der Waals surface area contributed by atoms with Gasteiger partial charge in [-0.25, -0.2) is 0 Å². The molecule has 1 rings (SSSR count). The SMILES string of the molecule is CC(=O)Nc1ccc(CCCCl)cc1[N+](=O)[O-]. The minimum atomic E-state index is -0.504. The van der Waals surface area contributed by atoms with Crippen LogP contribution in [-0.4, -0.2) is 16.7 Å². The van der Waals surface area contributed by atoms with Crippen molar-refractivity contribution in [3.8, 4) is 0 Å². The molecule has 0 saturated carbocycles. The normalized spacial score (nSPS) is 10.0. The summed E-state index contributed by atoms with van der Waals surface area (Å²) in [6.45, 7) is 1.31. The van der Waals surface area contributed by atoms with Gasteiger partial charge in [-0.1, -0.05) is 6.07 Å². The van der Waals surface area contributed by atoms with Gasteiger partial charge >= 0.3 is 0 Å². The zero-order valence-electron chi connectivity index (χ0n) is 9.40. The molecule has 0 aliphatic heterocycles. The van der Waals surface area contributed by atoms with Crippen molar-refractivity contribution < 1.29 is 9.72 Å². The minimum absolute atomic E-state index is 0.0905. The van der Waals surface area contributed by atoms with Crippen molar-refractivity contribution >= 4 is 28.9 Å². The van der Waals surface area contributed by atoms with E-state index in [1.165, 1.54) is 13.0 Å². The van der Waals surface area contributed by atoms with E-state index < -0.39 is 4.92 Å². The lowest BCUT2D eigenvalue weighted by atomic mass is 10.1. The first-order chi connectivity index (χ1) is 8.04. The van der Waals surface area contributed by atoms with Crippen LogP contribution in [0.2, 0.25) is 0 Å². The Balaban J connectivity index is 2.99. The molecule has 0 fully saturated rings. The van der Waals surface area contributed by atoms with Gasteiger partial charge in [-0.15, -0.1) is 11.6 Å². The van der Waals surface area contributed by atoms with Gasteiger partial charge in [-0.2, -0.15) is 0 Å². The predicted molar refractivity (Wildman–Crippen MR) is 66.4 cm³/mol. The average Bonchev–Trinajstić information content (AvgIpc) is 2.26. The number of amides is 1. The number of hydrogen-bond acceptors (Lipinski definition) is 3. The molecule has 0 heterocycles. The monoisotopic (exact) mass is 256 g/mol. The molecule has 1 amide bonds. The molecule has 1 N–H and O–H groups in total. The topological polar surface area (TPSA) is 72.2 Å². The fourth-order valence-electron chi connectivity index (χ4n) is 1.45. The van der Waals surface area contributed by atoms with Crippen LogP contribution in [0.25, 0.3) is 0 Å². The van der Waals surface area contributed by atoms with E-state index in [0.717, 1.165) is 12.0 Å². The molecule has 1 aromatic rings. The van der Waals surface area contributed by atoms with Crippen molar-refractivity contribution in [1.82, 2.24) is 0 Å². The summed E-state index contributed by atoms with van der Waals surface area (Å²) in [5.74, 6) is 0.183. The number of hydrogen-bond donors (Lipinski definition) is 1. The lowest BCUT2D eigenvalue weighted by molar-refractivity contribution is -0.384. The van der Waals surface area contributed by atoms with Gasteiger partial charge in [0.25, 0.3) is 5.69 Å². The molecule has 6 heteroatoms. The molecule has 0 saturated heterocycles. The number of nitro groups is 1. The van der Waals surface area contributed by atoms with Gasteiger partial charge < -0.3 is 5.32 Å². The third-order valence-electron chi connectivity index (χ3n) is 2.17. The van der Waals surface area contributed by atoms with Crippen LogP contribution in [-0.2, 0) is 11.2 Å². The van der Waals surface area contributed by atoms with Crippen LogP contribution in [0, 0.1) is 10.1 Å². The van der Waals surface area contributed by atoms with Crippen LogP contribution in [0.5, 0.6) is 0 Å². The van der Waals surface area contributed by atoms with Crippen LogP contribution in [0.3, 0.4) is 0 Å². The second-order valence-corrected chi connectivity index (χ2v) is 3.96. The van der Waals surface area contributed by atoms with Crippen molar-refractivity contribution in [3.05, 3.63) is 33.9 Å². The average molecular weight is 257 g/mol. The molecule has 0 spiro atoms. The van der Waals surface area contributed by atoms with Gasteiger partial charge in [0.05, 0.1) is 4.92 Å². The molecular formula is C11H13ClN2O3. The standard InChI is InChI=1S/C11H13ClN2O3/c1-8(15)13-10-5-4-9(3-2-6-12)7-11(10)14(16)17/h4-5,7H,2-3,6H2,1H3,(H,13,15). The first-order valence-corrected chi connectivity index (χ1v) is 5.69. The number of alkyl halides is 1. The van der Waals surface area contributed by atoms with Gasteiger partial charge in [0.1, 0.15) is 5.69 Å². The highest BCUT2D eigenvalue weighted by Gasteiger charge is 2.15. The number of carbonyl (C=O) groups is 1. The number of nitro benzene ring substituents is 1. The summed E-state index contributed by atoms with van der Waals surface area (Å²) in [6, 6.07) is 4.77.